The van der Waals surface area contributed by atoms with Gasteiger partial charge in [0.15, 0.2) is 11.4 Å². The molecule has 0 radical (unpaired) electrons. The molecule has 0 fully saturated rings. The molecule has 0 spiro atoms. The highest BCUT2D eigenvalue weighted by Gasteiger charge is 2.41. The van der Waals surface area contributed by atoms with Crippen molar-refractivity contribution in [2.24, 2.45) is 0 Å². The van der Waals surface area contributed by atoms with Gasteiger partial charge in [0.1, 0.15) is 6.07 Å². The van der Waals surface area contributed by atoms with Crippen molar-refractivity contribution < 1.29 is 39.5 Å². The number of halogens is 9. The third-order valence-electron chi connectivity index (χ3n) is 20.0. The molecule has 0 N–H and O–H groups in total. The van der Waals surface area contributed by atoms with E-state index in [0.717, 1.165) is 134 Å². The summed E-state index contributed by atoms with van der Waals surface area (Å²) in [5.74, 6) is 0. The molecule has 102 heavy (non-hydrogen) atoms. The van der Waals surface area contributed by atoms with Crippen LogP contribution >= 0.6 is 0 Å². The zero-order valence-electron chi connectivity index (χ0n) is 56.2. The van der Waals surface area contributed by atoms with E-state index in [1.165, 1.54) is 30.3 Å². The molecule has 0 unspecified atom stereocenters. The van der Waals surface area contributed by atoms with E-state index in [4.69, 9.17) is 13.1 Å². The molecule has 16 heteroatoms. The minimum atomic E-state index is -5.04. The predicted octanol–water partition coefficient (Wildman–Crippen LogP) is 25.6. The number of hydrogen-bond donors (Lipinski definition) is 0. The summed E-state index contributed by atoms with van der Waals surface area (Å²) in [6.45, 7) is 31.5. The van der Waals surface area contributed by atoms with Crippen LogP contribution in [0, 0.1) is 79.9 Å². The van der Waals surface area contributed by atoms with Gasteiger partial charge in [0.25, 0.3) is 0 Å². The molecular weight excluding hydrogens is 1300 g/mol. The average Bonchev–Trinajstić information content (AvgIpc) is 1.56. The van der Waals surface area contributed by atoms with E-state index in [9.17, 15) is 31.6 Å². The summed E-state index contributed by atoms with van der Waals surface area (Å²) in [5.41, 5.74) is 9.67. The van der Waals surface area contributed by atoms with Gasteiger partial charge >= 0.3 is 18.5 Å². The summed E-state index contributed by atoms with van der Waals surface area (Å²) in [4.78, 5) is 6.88. The Kier molecular flexibility index (Phi) is 15.4. The van der Waals surface area contributed by atoms with E-state index in [1.54, 1.807) is 39.5 Å². The van der Waals surface area contributed by atoms with Gasteiger partial charge in [-0.1, -0.05) is 133 Å². The summed E-state index contributed by atoms with van der Waals surface area (Å²) >= 11 is 0. The maximum absolute atomic E-state index is 15.9. The molecule has 7 nitrogen and oxygen atoms in total. The molecule has 16 rings (SSSR count). The van der Waals surface area contributed by atoms with Gasteiger partial charge in [-0.25, -0.2) is 9.69 Å². The predicted molar refractivity (Wildman–Crippen MR) is 391 cm³/mol. The molecule has 12 aromatic carbocycles. The van der Waals surface area contributed by atoms with Gasteiger partial charge in [0.05, 0.1) is 102 Å². The Balaban J connectivity index is 0.000000165. The van der Waals surface area contributed by atoms with E-state index in [-0.39, 0.29) is 39.3 Å². The highest BCUT2D eigenvalue weighted by molar-refractivity contribution is 6.17. The second-order valence-electron chi connectivity index (χ2n) is 26.1. The molecule has 16 aromatic rings. The molecule has 0 aliphatic carbocycles. The van der Waals surface area contributed by atoms with Crippen LogP contribution in [0.1, 0.15) is 66.8 Å². The lowest BCUT2D eigenvalue weighted by molar-refractivity contribution is -0.138. The van der Waals surface area contributed by atoms with Gasteiger partial charge in [-0.05, 0) is 195 Å². The monoisotopic (exact) mass is 1360 g/mol. The Labute approximate surface area is 579 Å². The van der Waals surface area contributed by atoms with E-state index in [0.29, 0.717) is 33.4 Å². The van der Waals surface area contributed by atoms with Crippen LogP contribution in [0.2, 0.25) is 0 Å². The van der Waals surface area contributed by atoms with Crippen molar-refractivity contribution in [2.75, 3.05) is 0 Å². The first kappa shape index (κ1) is 65.6. The smallest absolute Gasteiger partial charge is 0.307 e. The van der Waals surface area contributed by atoms with E-state index in [1.807, 2.05) is 125 Å². The topological polar surface area (TPSA) is 52.2 Å². The van der Waals surface area contributed by atoms with Crippen molar-refractivity contribution in [1.82, 2.24) is 18.3 Å². The summed E-state index contributed by atoms with van der Waals surface area (Å²) < 4.78 is 143. The highest BCUT2D eigenvalue weighted by atomic mass is 19.4. The van der Waals surface area contributed by atoms with Crippen molar-refractivity contribution in [3.8, 4) is 51.1 Å². The van der Waals surface area contributed by atoms with E-state index in [2.05, 4.69) is 76.9 Å². The molecule has 0 saturated heterocycles. The van der Waals surface area contributed by atoms with Crippen LogP contribution in [0.4, 0.5) is 50.9 Å². The first-order chi connectivity index (χ1) is 48.8. The largest absolute Gasteiger partial charge is 0.418 e. The molecule has 0 aliphatic heterocycles. The standard InChI is InChI=1S/C43H29F6N3.C43H29F3N4/c1-23-11-6-17-31-36(23)37-24(2)12-7-18-32(37)51(31)35-22-27(40-28(42(44,45)46)15-10-16-30(40)50-5)21-29(43(47,48)49)41(35)52-33-19-8-13-25(3)38(33)39-26(4)14-9-20-34(39)52;1-24-11-6-17-32-37(24)38-25(2)12-7-18-33(38)49(32)36-22-28(41-30(43(44,45)46)15-10-16-31(41)48-5)21-29(23-47)42(36)50-34-19-8-13-26(3)39(34)40-27(4)14-9-20-35(40)50/h6-22H,1-4H3;6-22H,1-4H3. The fraction of sp³-hybridized carbons (Fsp3) is 0.128. The van der Waals surface area contributed by atoms with Gasteiger partial charge in [-0.15, -0.1) is 0 Å². The van der Waals surface area contributed by atoms with Crippen LogP contribution in [0.15, 0.2) is 206 Å². The molecule has 4 aromatic heterocycles. The van der Waals surface area contributed by atoms with Crippen LogP contribution in [0.5, 0.6) is 0 Å². The van der Waals surface area contributed by atoms with Crippen molar-refractivity contribution in [3.63, 3.8) is 0 Å². The first-order valence-electron chi connectivity index (χ1n) is 32.8. The fourth-order valence-electron chi connectivity index (χ4n) is 15.8. The number of nitrogens with zero attached hydrogens (tertiary/aromatic N) is 7. The van der Waals surface area contributed by atoms with Crippen molar-refractivity contribution >= 4 is 98.6 Å². The Morgan fingerprint density at radius 1 is 0.304 bits per heavy atom. The Morgan fingerprint density at radius 3 is 0.814 bits per heavy atom. The summed E-state index contributed by atoms with van der Waals surface area (Å²) in [6.07, 6.45) is -14.7. The van der Waals surface area contributed by atoms with Crippen LogP contribution in [0.25, 0.3) is 142 Å². The molecular formula is C86H58F9N7. The minimum Gasteiger partial charge on any atom is -0.307 e. The maximum atomic E-state index is 15.9. The Hall–Kier alpha value is -12.3. The molecule has 4 heterocycles. The molecule has 0 bridgehead atoms. The number of aryl methyl sites for hydroxylation is 8. The fourth-order valence-corrected chi connectivity index (χ4v) is 15.8. The molecule has 0 atom stereocenters. The van der Waals surface area contributed by atoms with Crippen LogP contribution in [-0.2, 0) is 18.5 Å². The number of fused-ring (bicyclic) bond motifs is 12. The quantitative estimate of drug-likeness (QED) is 0.121. The Bertz CT molecular complexity index is 6180. The lowest BCUT2D eigenvalue weighted by atomic mass is 9.93. The Morgan fingerprint density at radius 2 is 0.549 bits per heavy atom. The highest BCUT2D eigenvalue weighted by Crippen LogP contribution is 2.52. The van der Waals surface area contributed by atoms with Gasteiger partial charge < -0.3 is 18.3 Å². The van der Waals surface area contributed by atoms with Gasteiger partial charge in [0.2, 0.25) is 0 Å². The lowest BCUT2D eigenvalue weighted by Gasteiger charge is -2.24. The molecule has 0 amide bonds. The number of rotatable bonds is 6. The average molecular weight is 1360 g/mol. The summed E-state index contributed by atoms with van der Waals surface area (Å²) in [5, 5.41) is 18.4. The van der Waals surface area contributed by atoms with Crippen molar-refractivity contribution in [3.05, 3.63) is 296 Å². The van der Waals surface area contributed by atoms with Crippen LogP contribution in [0.3, 0.4) is 0 Å². The van der Waals surface area contributed by atoms with Crippen LogP contribution in [-0.4, -0.2) is 18.3 Å². The normalized spacial score (nSPS) is 12.1. The second kappa shape index (κ2) is 24.0. The second-order valence-corrected chi connectivity index (χ2v) is 26.1. The summed E-state index contributed by atoms with van der Waals surface area (Å²) in [6, 6.07) is 60.8. The lowest BCUT2D eigenvalue weighted by Crippen LogP contribution is -2.15. The number of nitriles is 1. The van der Waals surface area contributed by atoms with Crippen molar-refractivity contribution in [1.29, 1.82) is 5.26 Å². The number of hydrogen-bond acceptors (Lipinski definition) is 1. The number of benzene rings is 12. The zero-order valence-corrected chi connectivity index (χ0v) is 56.2. The van der Waals surface area contributed by atoms with Crippen molar-refractivity contribution in [2.45, 2.75) is 73.9 Å². The SMILES string of the molecule is [C-]#[N+]c1cccc(C(F)(F)F)c1-c1cc(-n2c3cccc(C)c3c3c(C)cccc32)c(-n2c3cccc(C)c3c3c(C)cccc32)c(C(F)(F)F)c1.[C-]#[N+]c1cccc(C(F)(F)F)c1-c1cc(C#N)c(-n2c3cccc(C)c3c3c(C)cccc32)c(-n2c3cccc(C)c3c3c(C)cccc32)c1. The molecule has 0 aliphatic rings. The van der Waals surface area contributed by atoms with E-state index < -0.39 is 46.5 Å². The van der Waals surface area contributed by atoms with E-state index >= 15 is 13.2 Å². The molecule has 500 valence electrons. The number of alkyl halides is 9. The third kappa shape index (κ3) is 10.1. The van der Waals surface area contributed by atoms with Gasteiger partial charge in [-0.3, -0.25) is 0 Å². The van der Waals surface area contributed by atoms with Gasteiger partial charge in [-0.2, -0.15) is 44.8 Å². The summed E-state index contributed by atoms with van der Waals surface area (Å²) in [7, 11) is 0. The first-order valence-corrected chi connectivity index (χ1v) is 32.8. The maximum Gasteiger partial charge on any atom is 0.418 e. The number of aromatic nitrogens is 4. The molecule has 0 saturated carbocycles. The van der Waals surface area contributed by atoms with Crippen LogP contribution < -0.4 is 0 Å². The van der Waals surface area contributed by atoms with Gasteiger partial charge in [0, 0.05) is 43.1 Å². The zero-order chi connectivity index (χ0) is 71.9. The minimum absolute atomic E-state index is 0.0238. The third-order valence-corrected chi connectivity index (χ3v) is 20.0.